The number of aromatic nitrogens is 3. The first-order chi connectivity index (χ1) is 15.4. The van der Waals surface area contributed by atoms with Gasteiger partial charge >= 0.3 is 5.97 Å². The number of ether oxygens (including phenoxy) is 1. The summed E-state index contributed by atoms with van der Waals surface area (Å²) >= 11 is 0. The zero-order valence-electron chi connectivity index (χ0n) is 18.2. The summed E-state index contributed by atoms with van der Waals surface area (Å²) in [6.07, 6.45) is 7.37. The number of benzene rings is 1. The molecule has 0 radical (unpaired) electrons. The van der Waals surface area contributed by atoms with Crippen molar-refractivity contribution in [2.45, 2.75) is 33.2 Å². The standard InChI is InChI=1S/C25H24N4O3/c1-5-17-6-7-20(23(29-17)25(30)31)28-16(4)19-11-14(2)10-18-15(3)12-22(32-24(18)19)21-13-26-8-9-27-21/h6-13,16,28H,3,5H2,1-2,4H3,(H,30,31). The van der Waals surface area contributed by atoms with Crippen LogP contribution in [0.5, 0.6) is 5.75 Å². The third-order valence-electron chi connectivity index (χ3n) is 5.30. The van der Waals surface area contributed by atoms with Crippen LogP contribution in [0.2, 0.25) is 0 Å². The van der Waals surface area contributed by atoms with Gasteiger partial charge in [-0.3, -0.25) is 4.98 Å². The number of carboxylic acids is 1. The number of carbonyl (C=O) groups is 1. The van der Waals surface area contributed by atoms with Crippen LogP contribution >= 0.6 is 0 Å². The Bertz CT molecular complexity index is 1240. The number of aromatic carboxylic acids is 1. The van der Waals surface area contributed by atoms with Gasteiger partial charge in [-0.05, 0) is 55.7 Å². The number of hydrogen-bond donors (Lipinski definition) is 2. The molecule has 2 N–H and O–H groups in total. The average molecular weight is 428 g/mol. The predicted molar refractivity (Wildman–Crippen MR) is 123 cm³/mol. The minimum absolute atomic E-state index is 0.00296. The van der Waals surface area contributed by atoms with Crippen molar-refractivity contribution in [1.29, 1.82) is 0 Å². The second kappa shape index (κ2) is 8.63. The van der Waals surface area contributed by atoms with Gasteiger partial charge in [0, 0.05) is 29.2 Å². The molecule has 1 unspecified atom stereocenters. The summed E-state index contributed by atoms with van der Waals surface area (Å²) < 4.78 is 6.27. The molecule has 1 aliphatic heterocycles. The first-order valence-corrected chi connectivity index (χ1v) is 10.4. The molecule has 3 heterocycles. The molecule has 162 valence electrons. The summed E-state index contributed by atoms with van der Waals surface area (Å²) in [5.41, 5.74) is 5.42. The van der Waals surface area contributed by atoms with E-state index in [-0.39, 0.29) is 11.7 Å². The number of pyridine rings is 1. The van der Waals surface area contributed by atoms with Gasteiger partial charge in [-0.15, -0.1) is 0 Å². The molecule has 1 atom stereocenters. The molecular formula is C25H24N4O3. The molecule has 4 rings (SSSR count). The quantitative estimate of drug-likeness (QED) is 0.566. The average Bonchev–Trinajstić information content (AvgIpc) is 2.79. The Labute approximate surface area is 186 Å². The normalized spacial score (nSPS) is 13.6. The molecule has 0 aliphatic carbocycles. The lowest BCUT2D eigenvalue weighted by molar-refractivity contribution is 0.0691. The molecule has 0 amide bonds. The lowest BCUT2D eigenvalue weighted by atomic mass is 9.94. The van der Waals surface area contributed by atoms with Gasteiger partial charge in [0.2, 0.25) is 0 Å². The lowest BCUT2D eigenvalue weighted by Crippen LogP contribution is -2.15. The summed E-state index contributed by atoms with van der Waals surface area (Å²) in [6, 6.07) is 7.39. The highest BCUT2D eigenvalue weighted by Crippen LogP contribution is 2.42. The molecule has 3 aromatic rings. The minimum atomic E-state index is -1.07. The fraction of sp³-hybridized carbons (Fsp3) is 0.200. The first-order valence-electron chi connectivity index (χ1n) is 10.4. The molecule has 0 spiro atoms. The number of anilines is 1. The number of rotatable bonds is 6. The molecular weight excluding hydrogens is 404 g/mol. The molecule has 32 heavy (non-hydrogen) atoms. The van der Waals surface area contributed by atoms with Crippen molar-refractivity contribution in [1.82, 2.24) is 15.0 Å². The number of fused-ring (bicyclic) bond motifs is 1. The second-order valence-electron chi connectivity index (χ2n) is 7.68. The maximum atomic E-state index is 11.8. The van der Waals surface area contributed by atoms with E-state index in [1.54, 1.807) is 24.7 Å². The summed E-state index contributed by atoms with van der Waals surface area (Å²) in [7, 11) is 0. The van der Waals surface area contributed by atoms with Gasteiger partial charge in [0.05, 0.1) is 17.9 Å². The van der Waals surface area contributed by atoms with Crippen LogP contribution in [-0.4, -0.2) is 26.0 Å². The van der Waals surface area contributed by atoms with E-state index in [4.69, 9.17) is 4.74 Å². The maximum Gasteiger partial charge on any atom is 0.356 e. The molecule has 0 bridgehead atoms. The van der Waals surface area contributed by atoms with Gasteiger partial charge in [-0.1, -0.05) is 19.6 Å². The molecule has 1 aromatic carbocycles. The summed E-state index contributed by atoms with van der Waals surface area (Å²) in [5.74, 6) is 0.158. The SMILES string of the molecule is C=C1C=C(c2cnccn2)Oc2c1cc(C)cc2C(C)Nc1ccc(CC)nc1C(=O)O. The Balaban J connectivity index is 1.72. The van der Waals surface area contributed by atoms with E-state index in [1.807, 2.05) is 45.0 Å². The number of carboxylic acid groups (broad SMARTS) is 1. The van der Waals surface area contributed by atoms with Crippen molar-refractivity contribution in [3.63, 3.8) is 0 Å². The van der Waals surface area contributed by atoms with Gasteiger partial charge < -0.3 is 15.2 Å². The first kappa shape index (κ1) is 21.2. The third kappa shape index (κ3) is 4.09. The van der Waals surface area contributed by atoms with E-state index in [0.29, 0.717) is 29.3 Å². The minimum Gasteiger partial charge on any atom is -0.476 e. The summed E-state index contributed by atoms with van der Waals surface area (Å²) in [5, 5.41) is 12.9. The second-order valence-corrected chi connectivity index (χ2v) is 7.68. The highest BCUT2D eigenvalue weighted by Gasteiger charge is 2.25. The Morgan fingerprint density at radius 3 is 2.78 bits per heavy atom. The number of nitrogens with zero attached hydrogens (tertiary/aromatic N) is 3. The molecule has 7 nitrogen and oxygen atoms in total. The van der Waals surface area contributed by atoms with E-state index in [2.05, 4.69) is 26.8 Å². The van der Waals surface area contributed by atoms with Crippen LogP contribution in [0.1, 0.15) is 58.5 Å². The van der Waals surface area contributed by atoms with Crippen molar-refractivity contribution in [2.24, 2.45) is 0 Å². The molecule has 1 aliphatic rings. The number of allylic oxidation sites excluding steroid dienone is 2. The van der Waals surface area contributed by atoms with Gasteiger partial charge in [-0.25, -0.2) is 14.8 Å². The predicted octanol–water partition coefficient (Wildman–Crippen LogP) is 5.06. The fourth-order valence-electron chi connectivity index (χ4n) is 3.69. The van der Waals surface area contributed by atoms with Gasteiger partial charge in [0.1, 0.15) is 11.4 Å². The molecule has 0 saturated carbocycles. The van der Waals surface area contributed by atoms with E-state index in [1.165, 1.54) is 0 Å². The molecule has 0 fully saturated rings. The van der Waals surface area contributed by atoms with E-state index >= 15 is 0 Å². The summed E-state index contributed by atoms with van der Waals surface area (Å²) in [4.78, 5) is 24.5. The van der Waals surface area contributed by atoms with Crippen LogP contribution in [0, 0.1) is 6.92 Å². The number of hydrogen-bond acceptors (Lipinski definition) is 6. The van der Waals surface area contributed by atoms with E-state index in [9.17, 15) is 9.90 Å². The topological polar surface area (TPSA) is 97.2 Å². The maximum absolute atomic E-state index is 11.8. The lowest BCUT2D eigenvalue weighted by Gasteiger charge is -2.26. The Morgan fingerprint density at radius 1 is 1.28 bits per heavy atom. The third-order valence-corrected chi connectivity index (χ3v) is 5.30. The monoisotopic (exact) mass is 428 g/mol. The fourth-order valence-corrected chi connectivity index (χ4v) is 3.69. The Kier molecular flexibility index (Phi) is 5.73. The van der Waals surface area contributed by atoms with Gasteiger partial charge in [0.25, 0.3) is 0 Å². The van der Waals surface area contributed by atoms with Crippen LogP contribution in [0.3, 0.4) is 0 Å². The van der Waals surface area contributed by atoms with Crippen molar-refractivity contribution in [2.75, 3.05) is 5.32 Å². The number of aryl methyl sites for hydroxylation is 2. The summed E-state index contributed by atoms with van der Waals surface area (Å²) in [6.45, 7) is 10.1. The van der Waals surface area contributed by atoms with Crippen molar-refractivity contribution in [3.8, 4) is 5.75 Å². The van der Waals surface area contributed by atoms with Crippen LogP contribution in [0.4, 0.5) is 5.69 Å². The van der Waals surface area contributed by atoms with Crippen LogP contribution in [-0.2, 0) is 6.42 Å². The van der Waals surface area contributed by atoms with Crippen LogP contribution in [0.15, 0.2) is 55.5 Å². The number of nitrogens with one attached hydrogen (secondary N) is 1. The Morgan fingerprint density at radius 2 is 2.09 bits per heavy atom. The van der Waals surface area contributed by atoms with Crippen molar-refractivity contribution in [3.05, 3.63) is 89.3 Å². The van der Waals surface area contributed by atoms with Crippen LogP contribution < -0.4 is 10.1 Å². The molecule has 7 heteroatoms. The van der Waals surface area contributed by atoms with Gasteiger partial charge in [-0.2, -0.15) is 0 Å². The molecule has 0 saturated heterocycles. The van der Waals surface area contributed by atoms with Crippen molar-refractivity contribution >= 4 is 23.0 Å². The smallest absolute Gasteiger partial charge is 0.356 e. The van der Waals surface area contributed by atoms with Crippen molar-refractivity contribution < 1.29 is 14.6 Å². The highest BCUT2D eigenvalue weighted by atomic mass is 16.5. The van der Waals surface area contributed by atoms with E-state index < -0.39 is 5.97 Å². The highest BCUT2D eigenvalue weighted by molar-refractivity contribution is 5.92. The zero-order chi connectivity index (χ0) is 22.8. The zero-order valence-corrected chi connectivity index (χ0v) is 18.2. The van der Waals surface area contributed by atoms with Crippen LogP contribution in [0.25, 0.3) is 11.3 Å². The van der Waals surface area contributed by atoms with Gasteiger partial charge in [0.15, 0.2) is 11.5 Å². The molecule has 2 aromatic heterocycles. The largest absolute Gasteiger partial charge is 0.476 e. The Hall–Kier alpha value is -4.00. The van der Waals surface area contributed by atoms with E-state index in [0.717, 1.165) is 28.0 Å².